The molecule has 3 nitrogen and oxygen atoms in total. The van der Waals surface area contributed by atoms with Crippen LogP contribution < -0.4 is 10.1 Å². The lowest BCUT2D eigenvalue weighted by atomic mass is 9.95. The van der Waals surface area contributed by atoms with Crippen molar-refractivity contribution in [3.05, 3.63) is 29.3 Å². The molecule has 0 amide bonds. The molecular weight excluding hydrogens is 293 g/mol. The Balaban J connectivity index is 2.22. The van der Waals surface area contributed by atoms with Gasteiger partial charge in [0.25, 0.3) is 0 Å². The Labute approximate surface area is 129 Å². The topological polar surface area (TPSA) is 24.5 Å². The average Bonchev–Trinajstić information content (AvgIpc) is 2.48. The second-order valence-electron chi connectivity index (χ2n) is 5.68. The third-order valence-electron chi connectivity index (χ3n) is 4.13. The zero-order valence-corrected chi connectivity index (χ0v) is 13.0. The third kappa shape index (κ3) is 4.61. The molecule has 22 heavy (non-hydrogen) atoms. The molecule has 0 spiro atoms. The maximum atomic E-state index is 12.7. The van der Waals surface area contributed by atoms with Gasteiger partial charge in [0.2, 0.25) is 0 Å². The number of halogens is 3. The first-order chi connectivity index (χ1) is 10.4. The van der Waals surface area contributed by atoms with Crippen molar-refractivity contribution in [3.8, 4) is 5.75 Å². The first-order valence-corrected chi connectivity index (χ1v) is 7.57. The van der Waals surface area contributed by atoms with Gasteiger partial charge < -0.3 is 10.1 Å². The molecule has 1 atom stereocenters. The van der Waals surface area contributed by atoms with E-state index in [-0.39, 0.29) is 12.5 Å². The molecule has 0 radical (unpaired) electrons. The van der Waals surface area contributed by atoms with E-state index in [2.05, 4.69) is 10.2 Å². The SMILES string of the molecule is COc1ccc([C@H](CCC(F)(F)F)N2CCNCC2)c(C)c1. The van der Waals surface area contributed by atoms with Crippen LogP contribution in [-0.2, 0) is 0 Å². The van der Waals surface area contributed by atoms with Crippen LogP contribution in [0.2, 0.25) is 0 Å². The molecule has 124 valence electrons. The minimum absolute atomic E-state index is 0.0939. The van der Waals surface area contributed by atoms with Crippen molar-refractivity contribution in [1.29, 1.82) is 0 Å². The first kappa shape index (κ1) is 17.1. The van der Waals surface area contributed by atoms with Crippen molar-refractivity contribution < 1.29 is 17.9 Å². The van der Waals surface area contributed by atoms with Crippen molar-refractivity contribution >= 4 is 0 Å². The van der Waals surface area contributed by atoms with Gasteiger partial charge in [-0.15, -0.1) is 0 Å². The highest BCUT2D eigenvalue weighted by atomic mass is 19.4. The highest BCUT2D eigenvalue weighted by Gasteiger charge is 2.31. The normalized spacial score (nSPS) is 18.2. The van der Waals surface area contributed by atoms with E-state index < -0.39 is 12.6 Å². The molecule has 2 rings (SSSR count). The van der Waals surface area contributed by atoms with Crippen LogP contribution in [0.3, 0.4) is 0 Å². The minimum Gasteiger partial charge on any atom is -0.497 e. The number of benzene rings is 1. The molecule has 1 aliphatic rings. The lowest BCUT2D eigenvalue weighted by molar-refractivity contribution is -0.138. The fraction of sp³-hybridized carbons (Fsp3) is 0.625. The van der Waals surface area contributed by atoms with Crippen LogP contribution in [-0.4, -0.2) is 44.4 Å². The summed E-state index contributed by atoms with van der Waals surface area (Å²) >= 11 is 0. The highest BCUT2D eigenvalue weighted by Crippen LogP contribution is 2.34. The van der Waals surface area contributed by atoms with Crippen molar-refractivity contribution in [1.82, 2.24) is 10.2 Å². The van der Waals surface area contributed by atoms with Gasteiger partial charge in [0.1, 0.15) is 5.75 Å². The Bertz CT molecular complexity index is 485. The van der Waals surface area contributed by atoms with E-state index in [9.17, 15) is 13.2 Å². The maximum Gasteiger partial charge on any atom is 0.389 e. The molecule has 1 N–H and O–H groups in total. The molecule has 0 aliphatic carbocycles. The van der Waals surface area contributed by atoms with E-state index >= 15 is 0 Å². The van der Waals surface area contributed by atoms with Crippen LogP contribution in [0.1, 0.15) is 30.0 Å². The molecule has 1 aromatic carbocycles. The summed E-state index contributed by atoms with van der Waals surface area (Å²) in [6, 6.07) is 5.41. The molecule has 1 aromatic rings. The highest BCUT2D eigenvalue weighted by molar-refractivity contribution is 5.36. The zero-order chi connectivity index (χ0) is 16.2. The van der Waals surface area contributed by atoms with Gasteiger partial charge in [-0.3, -0.25) is 4.90 Å². The Morgan fingerprint density at radius 2 is 1.95 bits per heavy atom. The summed E-state index contributed by atoms with van der Waals surface area (Å²) in [7, 11) is 1.59. The Morgan fingerprint density at radius 1 is 1.27 bits per heavy atom. The molecule has 6 heteroatoms. The first-order valence-electron chi connectivity index (χ1n) is 7.57. The molecule has 0 saturated carbocycles. The zero-order valence-electron chi connectivity index (χ0n) is 13.0. The van der Waals surface area contributed by atoms with Crippen LogP contribution >= 0.6 is 0 Å². The molecule has 1 aliphatic heterocycles. The largest absolute Gasteiger partial charge is 0.497 e. The van der Waals surface area contributed by atoms with Crippen molar-refractivity contribution in [2.75, 3.05) is 33.3 Å². The summed E-state index contributed by atoms with van der Waals surface area (Å²) in [6.45, 7) is 5.11. The number of nitrogens with zero attached hydrogens (tertiary/aromatic N) is 1. The molecule has 0 bridgehead atoms. The smallest absolute Gasteiger partial charge is 0.389 e. The second kappa shape index (κ2) is 7.33. The molecule has 1 saturated heterocycles. The quantitative estimate of drug-likeness (QED) is 0.902. The predicted molar refractivity (Wildman–Crippen MR) is 80.2 cm³/mol. The molecule has 1 fully saturated rings. The van der Waals surface area contributed by atoms with Crippen LogP contribution in [0, 0.1) is 6.92 Å². The predicted octanol–water partition coefficient (Wildman–Crippen LogP) is 3.29. The number of nitrogens with one attached hydrogen (secondary N) is 1. The molecular formula is C16H23F3N2O. The number of piperazine rings is 1. The summed E-state index contributed by atoms with van der Waals surface area (Å²) in [5.74, 6) is 0.733. The van der Waals surface area contributed by atoms with Crippen molar-refractivity contribution in [2.45, 2.75) is 32.0 Å². The van der Waals surface area contributed by atoms with E-state index in [0.717, 1.165) is 43.1 Å². The summed E-state index contributed by atoms with van der Waals surface area (Å²) in [4.78, 5) is 2.15. The standard InChI is InChI=1S/C16H23F3N2O/c1-12-11-13(22-2)3-4-14(12)15(5-6-16(17,18)19)21-9-7-20-8-10-21/h3-4,11,15,20H,5-10H2,1-2H3/t15-/m0/s1. The Hall–Kier alpha value is -1.27. The van der Waals surface area contributed by atoms with Crippen LogP contribution in [0.5, 0.6) is 5.75 Å². The summed E-state index contributed by atoms with van der Waals surface area (Å²) < 4.78 is 43.2. The second-order valence-corrected chi connectivity index (χ2v) is 5.68. The number of rotatable bonds is 5. The number of aryl methyl sites for hydroxylation is 1. The van der Waals surface area contributed by atoms with E-state index in [1.807, 2.05) is 25.1 Å². The molecule has 0 aromatic heterocycles. The van der Waals surface area contributed by atoms with Crippen LogP contribution in [0.15, 0.2) is 18.2 Å². The lowest BCUT2D eigenvalue weighted by Crippen LogP contribution is -2.45. The van der Waals surface area contributed by atoms with E-state index in [1.54, 1.807) is 7.11 Å². The molecule has 0 unspecified atom stereocenters. The minimum atomic E-state index is -4.12. The number of hydrogen-bond acceptors (Lipinski definition) is 3. The van der Waals surface area contributed by atoms with Crippen molar-refractivity contribution in [2.24, 2.45) is 0 Å². The fourth-order valence-corrected chi connectivity index (χ4v) is 2.98. The summed E-state index contributed by atoms with van der Waals surface area (Å²) in [5, 5.41) is 3.24. The van der Waals surface area contributed by atoms with Gasteiger partial charge >= 0.3 is 6.18 Å². The molecule has 1 heterocycles. The average molecular weight is 316 g/mol. The number of ether oxygens (including phenoxy) is 1. The van der Waals surface area contributed by atoms with Gasteiger partial charge in [-0.2, -0.15) is 13.2 Å². The van der Waals surface area contributed by atoms with Crippen LogP contribution in [0.25, 0.3) is 0 Å². The summed E-state index contributed by atoms with van der Waals surface area (Å²) in [5.41, 5.74) is 1.94. The van der Waals surface area contributed by atoms with Crippen LogP contribution in [0.4, 0.5) is 13.2 Å². The van der Waals surface area contributed by atoms with E-state index in [0.29, 0.717) is 0 Å². The Morgan fingerprint density at radius 3 is 2.50 bits per heavy atom. The van der Waals surface area contributed by atoms with Crippen molar-refractivity contribution in [3.63, 3.8) is 0 Å². The van der Waals surface area contributed by atoms with Gasteiger partial charge in [-0.05, 0) is 36.6 Å². The van der Waals surface area contributed by atoms with E-state index in [1.165, 1.54) is 0 Å². The van der Waals surface area contributed by atoms with Gasteiger partial charge in [0.15, 0.2) is 0 Å². The number of methoxy groups -OCH3 is 1. The van der Waals surface area contributed by atoms with E-state index in [4.69, 9.17) is 4.74 Å². The van der Waals surface area contributed by atoms with Gasteiger partial charge in [0.05, 0.1) is 7.11 Å². The number of alkyl halides is 3. The van der Waals surface area contributed by atoms with Gasteiger partial charge in [-0.25, -0.2) is 0 Å². The third-order valence-corrected chi connectivity index (χ3v) is 4.13. The monoisotopic (exact) mass is 316 g/mol. The van der Waals surface area contributed by atoms with Gasteiger partial charge in [0, 0.05) is 38.6 Å². The summed E-state index contributed by atoms with van der Waals surface area (Å²) in [6.07, 6.45) is -4.78. The van der Waals surface area contributed by atoms with Gasteiger partial charge in [-0.1, -0.05) is 6.07 Å². The Kier molecular flexibility index (Phi) is 5.69. The maximum absolute atomic E-state index is 12.7. The number of hydrogen-bond donors (Lipinski definition) is 1. The lowest BCUT2D eigenvalue weighted by Gasteiger charge is -2.36. The fourth-order valence-electron chi connectivity index (χ4n) is 2.98.